The standard InChI is InChI=1S/C13H28N2O2/c1-12-4-8-15(9-5-12)7-3-10-17-11-6-13(16)14-2/h12-14,16H,3-11H2,1-2H3. The minimum atomic E-state index is -0.432. The smallest absolute Gasteiger partial charge is 0.106 e. The monoisotopic (exact) mass is 244 g/mol. The van der Waals surface area contributed by atoms with Crippen LogP contribution in [0.3, 0.4) is 0 Å². The Labute approximate surface area is 105 Å². The molecule has 102 valence electrons. The van der Waals surface area contributed by atoms with Gasteiger partial charge in [-0.2, -0.15) is 0 Å². The third-order valence-electron chi connectivity index (χ3n) is 3.51. The first-order chi connectivity index (χ1) is 8.22. The summed E-state index contributed by atoms with van der Waals surface area (Å²) in [5, 5.41) is 12.0. The lowest BCUT2D eigenvalue weighted by molar-refractivity contribution is 0.0639. The highest BCUT2D eigenvalue weighted by Gasteiger charge is 2.14. The Morgan fingerprint density at radius 2 is 2.06 bits per heavy atom. The molecule has 0 bridgehead atoms. The molecule has 1 saturated heterocycles. The predicted molar refractivity (Wildman–Crippen MR) is 70.0 cm³/mol. The molecule has 0 amide bonds. The van der Waals surface area contributed by atoms with E-state index >= 15 is 0 Å². The van der Waals surface area contributed by atoms with Crippen molar-refractivity contribution in [3.8, 4) is 0 Å². The van der Waals surface area contributed by atoms with E-state index in [2.05, 4.69) is 17.1 Å². The predicted octanol–water partition coefficient (Wildman–Crippen LogP) is 1.05. The molecule has 1 atom stereocenters. The van der Waals surface area contributed by atoms with Gasteiger partial charge in [0.15, 0.2) is 0 Å². The van der Waals surface area contributed by atoms with Crippen molar-refractivity contribution in [1.29, 1.82) is 0 Å². The van der Waals surface area contributed by atoms with Crippen molar-refractivity contribution in [2.75, 3.05) is 39.9 Å². The maximum Gasteiger partial charge on any atom is 0.106 e. The average Bonchev–Trinajstić information content (AvgIpc) is 2.35. The highest BCUT2D eigenvalue weighted by Crippen LogP contribution is 2.15. The van der Waals surface area contributed by atoms with Gasteiger partial charge in [-0.25, -0.2) is 0 Å². The molecule has 0 aliphatic carbocycles. The number of nitrogens with zero attached hydrogens (tertiary/aromatic N) is 1. The number of nitrogens with one attached hydrogen (secondary N) is 1. The van der Waals surface area contributed by atoms with Crippen LogP contribution in [-0.2, 0) is 4.74 Å². The van der Waals surface area contributed by atoms with Gasteiger partial charge >= 0.3 is 0 Å². The minimum Gasteiger partial charge on any atom is -0.381 e. The van der Waals surface area contributed by atoms with E-state index < -0.39 is 6.23 Å². The molecule has 0 aromatic rings. The van der Waals surface area contributed by atoms with Crippen LogP contribution in [-0.4, -0.2) is 56.1 Å². The second-order valence-electron chi connectivity index (χ2n) is 5.08. The van der Waals surface area contributed by atoms with Crippen molar-refractivity contribution in [3.63, 3.8) is 0 Å². The summed E-state index contributed by atoms with van der Waals surface area (Å²) < 4.78 is 5.49. The maximum atomic E-state index is 9.24. The first-order valence-corrected chi connectivity index (χ1v) is 6.88. The van der Waals surface area contributed by atoms with Crippen LogP contribution in [0.15, 0.2) is 0 Å². The van der Waals surface area contributed by atoms with Gasteiger partial charge in [-0.15, -0.1) is 0 Å². The van der Waals surface area contributed by atoms with Crippen molar-refractivity contribution in [2.24, 2.45) is 5.92 Å². The van der Waals surface area contributed by atoms with Gasteiger partial charge in [-0.1, -0.05) is 6.92 Å². The van der Waals surface area contributed by atoms with Crippen molar-refractivity contribution in [1.82, 2.24) is 10.2 Å². The van der Waals surface area contributed by atoms with Gasteiger partial charge < -0.3 is 14.7 Å². The first kappa shape index (κ1) is 14.9. The third-order valence-corrected chi connectivity index (χ3v) is 3.51. The Kier molecular flexibility index (Phi) is 7.77. The van der Waals surface area contributed by atoms with E-state index in [-0.39, 0.29) is 0 Å². The summed E-state index contributed by atoms with van der Waals surface area (Å²) in [6.45, 7) is 7.44. The van der Waals surface area contributed by atoms with Gasteiger partial charge in [0.05, 0.1) is 6.61 Å². The largest absolute Gasteiger partial charge is 0.381 e. The molecule has 1 aliphatic rings. The summed E-state index contributed by atoms with van der Waals surface area (Å²) in [5.74, 6) is 0.908. The normalized spacial score (nSPS) is 20.6. The number of likely N-dealkylation sites (tertiary alicyclic amines) is 1. The van der Waals surface area contributed by atoms with Crippen LogP contribution >= 0.6 is 0 Å². The second kappa shape index (κ2) is 8.86. The van der Waals surface area contributed by atoms with E-state index in [9.17, 15) is 5.11 Å². The summed E-state index contributed by atoms with van der Waals surface area (Å²) in [6.07, 6.45) is 4.02. The zero-order chi connectivity index (χ0) is 12.5. The average molecular weight is 244 g/mol. The van der Waals surface area contributed by atoms with Gasteiger partial charge in [0, 0.05) is 19.6 Å². The Bertz CT molecular complexity index is 182. The second-order valence-corrected chi connectivity index (χ2v) is 5.08. The Hall–Kier alpha value is -0.160. The zero-order valence-electron chi connectivity index (χ0n) is 11.3. The molecule has 2 N–H and O–H groups in total. The molecule has 0 aromatic carbocycles. The molecule has 0 radical (unpaired) electrons. The number of aliphatic hydroxyl groups is 1. The SMILES string of the molecule is CNC(O)CCOCCCN1CCC(C)CC1. The lowest BCUT2D eigenvalue weighted by atomic mass is 9.99. The summed E-state index contributed by atoms with van der Waals surface area (Å²) in [4.78, 5) is 2.53. The first-order valence-electron chi connectivity index (χ1n) is 6.88. The van der Waals surface area contributed by atoms with Crippen LogP contribution < -0.4 is 5.32 Å². The number of hydrogen-bond acceptors (Lipinski definition) is 4. The van der Waals surface area contributed by atoms with Crippen molar-refractivity contribution in [2.45, 2.75) is 38.8 Å². The lowest BCUT2D eigenvalue weighted by Crippen LogP contribution is -2.34. The van der Waals surface area contributed by atoms with Crippen LogP contribution in [0.25, 0.3) is 0 Å². The molecule has 0 saturated carbocycles. The van der Waals surface area contributed by atoms with Gasteiger partial charge in [0.25, 0.3) is 0 Å². The van der Waals surface area contributed by atoms with E-state index in [0.29, 0.717) is 13.0 Å². The molecule has 1 rings (SSSR count). The third kappa shape index (κ3) is 6.99. The van der Waals surface area contributed by atoms with Crippen LogP contribution in [0.2, 0.25) is 0 Å². The quantitative estimate of drug-likeness (QED) is 0.495. The highest BCUT2D eigenvalue weighted by molar-refractivity contribution is 4.68. The number of hydrogen-bond donors (Lipinski definition) is 2. The molecule has 4 nitrogen and oxygen atoms in total. The van der Waals surface area contributed by atoms with Crippen LogP contribution in [0.4, 0.5) is 0 Å². The van der Waals surface area contributed by atoms with Gasteiger partial charge in [0.2, 0.25) is 0 Å². The molecule has 0 spiro atoms. The fourth-order valence-corrected chi connectivity index (χ4v) is 2.12. The Morgan fingerprint density at radius 1 is 1.35 bits per heavy atom. The number of aliphatic hydroxyl groups excluding tert-OH is 1. The van der Waals surface area contributed by atoms with Gasteiger partial charge in [0.1, 0.15) is 6.23 Å². The van der Waals surface area contributed by atoms with Crippen molar-refractivity contribution >= 4 is 0 Å². The molecule has 1 unspecified atom stereocenters. The fraction of sp³-hybridized carbons (Fsp3) is 1.00. The fourth-order valence-electron chi connectivity index (χ4n) is 2.12. The summed E-state index contributed by atoms with van der Waals surface area (Å²) in [5.41, 5.74) is 0. The number of piperidine rings is 1. The number of ether oxygens (including phenoxy) is 1. The van der Waals surface area contributed by atoms with Crippen molar-refractivity contribution in [3.05, 3.63) is 0 Å². The van der Waals surface area contributed by atoms with Gasteiger partial charge in [-0.05, 0) is 45.3 Å². The maximum absolute atomic E-state index is 9.24. The molecule has 17 heavy (non-hydrogen) atoms. The molecule has 1 aliphatic heterocycles. The lowest BCUT2D eigenvalue weighted by Gasteiger charge is -2.30. The topological polar surface area (TPSA) is 44.7 Å². The minimum absolute atomic E-state index is 0.432. The van der Waals surface area contributed by atoms with Crippen LogP contribution in [0, 0.1) is 5.92 Å². The molecule has 1 heterocycles. The Balaban J connectivity index is 1.87. The summed E-state index contributed by atoms with van der Waals surface area (Å²) >= 11 is 0. The van der Waals surface area contributed by atoms with E-state index in [4.69, 9.17) is 4.74 Å². The highest BCUT2D eigenvalue weighted by atomic mass is 16.5. The molecular formula is C13H28N2O2. The number of rotatable bonds is 8. The van der Waals surface area contributed by atoms with Crippen LogP contribution in [0.5, 0.6) is 0 Å². The van der Waals surface area contributed by atoms with Crippen LogP contribution in [0.1, 0.15) is 32.6 Å². The van der Waals surface area contributed by atoms with Gasteiger partial charge in [-0.3, -0.25) is 5.32 Å². The van der Waals surface area contributed by atoms with Crippen molar-refractivity contribution < 1.29 is 9.84 Å². The Morgan fingerprint density at radius 3 is 2.71 bits per heavy atom. The van der Waals surface area contributed by atoms with E-state index in [1.165, 1.54) is 25.9 Å². The summed E-state index contributed by atoms with van der Waals surface area (Å²) in [7, 11) is 1.75. The zero-order valence-corrected chi connectivity index (χ0v) is 11.3. The molecule has 0 aromatic heterocycles. The molecule has 4 heteroatoms. The summed E-state index contributed by atoms with van der Waals surface area (Å²) in [6, 6.07) is 0. The van der Waals surface area contributed by atoms with E-state index in [0.717, 1.165) is 25.5 Å². The van der Waals surface area contributed by atoms with E-state index in [1.54, 1.807) is 7.05 Å². The molecular weight excluding hydrogens is 216 g/mol. The molecule has 1 fully saturated rings. The van der Waals surface area contributed by atoms with E-state index in [1.807, 2.05) is 0 Å².